The zero-order valence-corrected chi connectivity index (χ0v) is 18.5. The fourth-order valence-corrected chi connectivity index (χ4v) is 4.22. The molecule has 0 aliphatic carbocycles. The minimum Gasteiger partial charge on any atom is -0.393 e. The van der Waals surface area contributed by atoms with Gasteiger partial charge < -0.3 is 10.4 Å². The molecule has 1 aliphatic rings. The van der Waals surface area contributed by atoms with Gasteiger partial charge in [0.25, 0.3) is 5.91 Å². The fourth-order valence-electron chi connectivity index (χ4n) is 4.22. The Morgan fingerprint density at radius 2 is 2.03 bits per heavy atom. The van der Waals surface area contributed by atoms with Crippen LogP contribution in [0.15, 0.2) is 55.0 Å². The summed E-state index contributed by atoms with van der Waals surface area (Å²) in [6.45, 7) is 4.48. The summed E-state index contributed by atoms with van der Waals surface area (Å²) in [6, 6.07) is 11.8. The maximum atomic E-state index is 12.9. The number of carbonyl (C=O) groups is 1. The van der Waals surface area contributed by atoms with Crippen molar-refractivity contribution in [3.8, 4) is 11.1 Å². The van der Waals surface area contributed by atoms with E-state index in [0.29, 0.717) is 11.5 Å². The van der Waals surface area contributed by atoms with Gasteiger partial charge in [0.15, 0.2) is 5.69 Å². The lowest BCUT2D eigenvalue weighted by molar-refractivity contribution is 0.0792. The third kappa shape index (κ3) is 4.62. The van der Waals surface area contributed by atoms with Crippen molar-refractivity contribution in [1.82, 2.24) is 25.1 Å². The van der Waals surface area contributed by atoms with Crippen LogP contribution in [0.2, 0.25) is 0 Å². The van der Waals surface area contributed by atoms with E-state index < -0.39 is 0 Å². The number of benzene rings is 1. The molecule has 5 rings (SSSR count). The molecule has 0 radical (unpaired) electrons. The van der Waals surface area contributed by atoms with E-state index in [9.17, 15) is 9.90 Å². The number of aliphatic hydroxyl groups excluding tert-OH is 1. The molecule has 0 bridgehead atoms. The number of aromatic amines is 1. The van der Waals surface area contributed by atoms with Gasteiger partial charge in [-0.05, 0) is 60.7 Å². The van der Waals surface area contributed by atoms with E-state index >= 15 is 0 Å². The van der Waals surface area contributed by atoms with Crippen LogP contribution >= 0.6 is 0 Å². The Balaban J connectivity index is 1.39. The summed E-state index contributed by atoms with van der Waals surface area (Å²) in [7, 11) is 0. The van der Waals surface area contributed by atoms with E-state index in [2.05, 4.69) is 36.4 Å². The lowest BCUT2D eigenvalue weighted by Gasteiger charge is -2.29. The molecule has 1 aliphatic heterocycles. The Labute approximate surface area is 191 Å². The molecule has 168 valence electrons. The lowest BCUT2D eigenvalue weighted by Crippen LogP contribution is -2.35. The van der Waals surface area contributed by atoms with Gasteiger partial charge in [0, 0.05) is 49.2 Å². The number of piperidine rings is 1. The molecular formula is C25H26N6O2. The number of aryl methyl sites for hydroxylation is 1. The minimum absolute atomic E-state index is 0.180. The maximum Gasteiger partial charge on any atom is 0.277 e. The molecule has 8 nitrogen and oxygen atoms in total. The van der Waals surface area contributed by atoms with Crippen molar-refractivity contribution in [2.45, 2.75) is 32.4 Å². The van der Waals surface area contributed by atoms with Crippen LogP contribution in [-0.4, -0.2) is 55.3 Å². The molecule has 1 saturated heterocycles. The van der Waals surface area contributed by atoms with E-state index in [-0.39, 0.29) is 12.0 Å². The number of aliphatic hydroxyl groups is 1. The minimum atomic E-state index is -0.306. The normalized spacial score (nSPS) is 15.1. The van der Waals surface area contributed by atoms with E-state index in [1.807, 2.05) is 49.6 Å². The molecule has 8 heteroatoms. The van der Waals surface area contributed by atoms with Gasteiger partial charge in [-0.25, -0.2) is 4.98 Å². The molecular weight excluding hydrogens is 416 g/mol. The molecule has 4 heterocycles. The first-order chi connectivity index (χ1) is 16.1. The second-order valence-electron chi connectivity index (χ2n) is 8.54. The molecule has 1 fully saturated rings. The smallest absolute Gasteiger partial charge is 0.277 e. The molecule has 0 saturated carbocycles. The number of carbonyl (C=O) groups excluding carboxylic acids is 1. The number of rotatable bonds is 5. The number of amides is 1. The van der Waals surface area contributed by atoms with E-state index in [0.717, 1.165) is 65.6 Å². The topological polar surface area (TPSA) is 107 Å². The van der Waals surface area contributed by atoms with Crippen LogP contribution in [0.1, 0.15) is 34.5 Å². The molecule has 3 aromatic heterocycles. The van der Waals surface area contributed by atoms with Crippen LogP contribution in [0.4, 0.5) is 5.82 Å². The highest BCUT2D eigenvalue weighted by molar-refractivity contribution is 6.11. The number of pyridine rings is 2. The highest BCUT2D eigenvalue weighted by Gasteiger charge is 2.18. The number of likely N-dealkylation sites (tertiary alicyclic amines) is 1. The van der Waals surface area contributed by atoms with Crippen molar-refractivity contribution in [3.05, 3.63) is 71.8 Å². The van der Waals surface area contributed by atoms with Crippen molar-refractivity contribution in [1.29, 1.82) is 0 Å². The van der Waals surface area contributed by atoms with Crippen LogP contribution in [0.5, 0.6) is 0 Å². The van der Waals surface area contributed by atoms with Crippen LogP contribution in [0.3, 0.4) is 0 Å². The van der Waals surface area contributed by atoms with Crippen LogP contribution < -0.4 is 5.32 Å². The zero-order chi connectivity index (χ0) is 22.8. The van der Waals surface area contributed by atoms with Crippen molar-refractivity contribution in [2.75, 3.05) is 18.4 Å². The Morgan fingerprint density at radius 3 is 2.85 bits per heavy atom. The number of nitrogens with zero attached hydrogens (tertiary/aromatic N) is 4. The summed E-state index contributed by atoms with van der Waals surface area (Å²) in [5, 5.41) is 20.5. The predicted molar refractivity (Wildman–Crippen MR) is 127 cm³/mol. The Bertz CT molecular complexity index is 1290. The maximum absolute atomic E-state index is 12.9. The molecule has 1 amide bonds. The third-order valence-corrected chi connectivity index (χ3v) is 6.11. The lowest BCUT2D eigenvalue weighted by atomic mass is 10.0. The quantitative estimate of drug-likeness (QED) is 0.436. The number of anilines is 1. The Hall–Kier alpha value is -3.62. The molecule has 3 N–H and O–H groups in total. The standard InChI is InChI=1S/C25H26N6O2/c1-16-3-2-8-27-24(16)28-25(33)23-21-12-18(4-5-22(21)29-30-23)19-11-17(13-26-14-19)15-31-9-6-20(32)7-10-31/h2-5,8,11-14,20,32H,6-7,9-10,15H2,1H3,(H,29,30)(H,27,28,33). The van der Waals surface area contributed by atoms with Crippen molar-refractivity contribution < 1.29 is 9.90 Å². The Morgan fingerprint density at radius 1 is 1.18 bits per heavy atom. The molecule has 4 aromatic rings. The van der Waals surface area contributed by atoms with Gasteiger partial charge in [-0.3, -0.25) is 19.8 Å². The molecule has 0 spiro atoms. The van der Waals surface area contributed by atoms with E-state index in [1.165, 1.54) is 0 Å². The second kappa shape index (κ2) is 9.09. The van der Waals surface area contributed by atoms with E-state index in [4.69, 9.17) is 0 Å². The summed E-state index contributed by atoms with van der Waals surface area (Å²) in [5.41, 5.74) is 5.08. The molecule has 33 heavy (non-hydrogen) atoms. The van der Waals surface area contributed by atoms with Gasteiger partial charge in [0.2, 0.25) is 0 Å². The number of fused-ring (bicyclic) bond motifs is 1. The van der Waals surface area contributed by atoms with E-state index in [1.54, 1.807) is 6.20 Å². The van der Waals surface area contributed by atoms with Gasteiger partial charge in [-0.1, -0.05) is 12.1 Å². The first kappa shape index (κ1) is 21.2. The van der Waals surface area contributed by atoms with Gasteiger partial charge in [-0.2, -0.15) is 5.10 Å². The number of H-pyrrole nitrogens is 1. The van der Waals surface area contributed by atoms with Crippen molar-refractivity contribution in [2.24, 2.45) is 0 Å². The molecule has 1 aromatic carbocycles. The largest absolute Gasteiger partial charge is 0.393 e. The van der Waals surface area contributed by atoms with Gasteiger partial charge in [0.1, 0.15) is 5.82 Å². The third-order valence-electron chi connectivity index (χ3n) is 6.11. The first-order valence-electron chi connectivity index (χ1n) is 11.1. The summed E-state index contributed by atoms with van der Waals surface area (Å²) in [6.07, 6.45) is 6.82. The second-order valence-corrected chi connectivity index (χ2v) is 8.54. The fraction of sp³-hybridized carbons (Fsp3) is 0.280. The predicted octanol–water partition coefficient (Wildman–Crippen LogP) is 3.54. The monoisotopic (exact) mass is 442 g/mol. The number of aromatic nitrogens is 4. The zero-order valence-electron chi connectivity index (χ0n) is 18.5. The summed E-state index contributed by atoms with van der Waals surface area (Å²) in [4.78, 5) is 23.9. The summed E-state index contributed by atoms with van der Waals surface area (Å²) in [5.74, 6) is 0.219. The summed E-state index contributed by atoms with van der Waals surface area (Å²) < 4.78 is 0. The van der Waals surface area contributed by atoms with Crippen molar-refractivity contribution >= 4 is 22.6 Å². The number of nitrogens with one attached hydrogen (secondary N) is 2. The van der Waals surface area contributed by atoms with Gasteiger partial charge in [-0.15, -0.1) is 0 Å². The van der Waals surface area contributed by atoms with Gasteiger partial charge in [0.05, 0.1) is 11.6 Å². The average molecular weight is 443 g/mol. The van der Waals surface area contributed by atoms with Crippen LogP contribution in [0.25, 0.3) is 22.0 Å². The van der Waals surface area contributed by atoms with Gasteiger partial charge >= 0.3 is 0 Å². The first-order valence-corrected chi connectivity index (χ1v) is 11.1. The summed E-state index contributed by atoms with van der Waals surface area (Å²) >= 11 is 0. The Kier molecular flexibility index (Phi) is 5.85. The number of hydrogen-bond acceptors (Lipinski definition) is 6. The molecule has 0 atom stereocenters. The van der Waals surface area contributed by atoms with Crippen LogP contribution in [0, 0.1) is 6.92 Å². The highest BCUT2D eigenvalue weighted by Crippen LogP contribution is 2.27. The SMILES string of the molecule is Cc1cccnc1NC(=O)c1n[nH]c2ccc(-c3cncc(CN4CCC(O)CC4)c3)cc12. The highest BCUT2D eigenvalue weighted by atomic mass is 16.3. The van der Waals surface area contributed by atoms with Crippen LogP contribution in [-0.2, 0) is 6.54 Å². The average Bonchev–Trinajstić information content (AvgIpc) is 3.26. The number of hydrogen-bond donors (Lipinski definition) is 3. The van der Waals surface area contributed by atoms with Crippen molar-refractivity contribution in [3.63, 3.8) is 0 Å². The molecule has 0 unspecified atom stereocenters.